The zero-order valence-electron chi connectivity index (χ0n) is 42.9. The van der Waals surface area contributed by atoms with Gasteiger partial charge < -0.3 is 9.55 Å². The molecule has 0 amide bonds. The van der Waals surface area contributed by atoms with Crippen LogP contribution in [0.1, 0.15) is 88.0 Å². The van der Waals surface area contributed by atoms with Crippen LogP contribution in [0, 0.1) is 31.8 Å². The molecule has 9 rings (SSSR count). The van der Waals surface area contributed by atoms with Crippen molar-refractivity contribution in [2.24, 2.45) is 5.92 Å². The zero-order chi connectivity index (χ0) is 48.2. The molecule has 0 saturated carbocycles. The molecule has 0 unspecified atom stereocenters. The van der Waals surface area contributed by atoms with E-state index in [1.54, 1.807) is 18.3 Å². The van der Waals surface area contributed by atoms with E-state index in [0.29, 0.717) is 28.7 Å². The van der Waals surface area contributed by atoms with Gasteiger partial charge in [-0.1, -0.05) is 145 Å². The third-order valence-electron chi connectivity index (χ3n) is 11.4. The number of hydrogen-bond donors (Lipinski definition) is 0. The Labute approximate surface area is 401 Å². The van der Waals surface area contributed by atoms with Gasteiger partial charge in [-0.2, -0.15) is 11.3 Å². The first-order chi connectivity index (χ1) is 31.6. The average Bonchev–Trinajstić information content (AvgIpc) is 3.86. The number of para-hydroxylation sites is 2. The van der Waals surface area contributed by atoms with E-state index < -0.39 is 21.3 Å². The van der Waals surface area contributed by atoms with Crippen LogP contribution >= 0.6 is 11.3 Å². The van der Waals surface area contributed by atoms with Crippen LogP contribution in [-0.4, -0.2) is 22.6 Å². The molecule has 0 aliphatic heterocycles. The first-order valence-corrected chi connectivity index (χ1v) is 26.1. The van der Waals surface area contributed by atoms with Gasteiger partial charge in [0.2, 0.25) is 0 Å². The third-order valence-corrected chi connectivity index (χ3v) is 14.6. The van der Waals surface area contributed by atoms with Gasteiger partial charge in [0.15, 0.2) is 0 Å². The Hall–Kier alpha value is -4.97. The van der Waals surface area contributed by atoms with Gasteiger partial charge in [-0.3, -0.25) is 4.98 Å². The summed E-state index contributed by atoms with van der Waals surface area (Å²) < 4.78 is 44.5. The molecule has 0 bridgehead atoms. The summed E-state index contributed by atoms with van der Waals surface area (Å²) in [7, 11) is -1.78. The number of thiophene rings is 1. The quantitative estimate of drug-likeness (QED) is 0.107. The van der Waals surface area contributed by atoms with E-state index in [1.807, 2.05) is 31.3 Å². The van der Waals surface area contributed by atoms with Crippen molar-refractivity contribution in [3.63, 3.8) is 0 Å². The normalized spacial score (nSPS) is 13.4. The summed E-state index contributed by atoms with van der Waals surface area (Å²) in [4.78, 5) is 9.85. The smallest absolute Gasteiger partial charge is 0.0798 e. The molecule has 6 heteroatoms. The maximum Gasteiger partial charge on any atom is 0.0798 e. The number of benzene rings is 6. The maximum atomic E-state index is 8.59. The Balaban J connectivity index is 0.000000220. The van der Waals surface area contributed by atoms with Crippen molar-refractivity contribution in [3.8, 4) is 39.5 Å². The minimum atomic E-state index is -2.16. The van der Waals surface area contributed by atoms with E-state index in [0.717, 1.165) is 27.6 Å². The predicted molar refractivity (Wildman–Crippen MR) is 271 cm³/mol. The maximum absolute atomic E-state index is 8.59. The van der Waals surface area contributed by atoms with Crippen molar-refractivity contribution in [2.75, 3.05) is 0 Å². The fourth-order valence-electron chi connectivity index (χ4n) is 8.27. The van der Waals surface area contributed by atoms with Crippen LogP contribution in [-0.2, 0) is 26.5 Å². The summed E-state index contributed by atoms with van der Waals surface area (Å²) in [6.45, 7) is 19.5. The molecule has 9 aromatic rings. The molecule has 63 heavy (non-hydrogen) atoms. The number of pyridine rings is 1. The number of nitrogens with zero attached hydrogens (tertiary/aromatic N) is 3. The van der Waals surface area contributed by atoms with Crippen molar-refractivity contribution in [2.45, 2.75) is 93.2 Å². The second kappa shape index (κ2) is 19.0. The molecule has 0 spiro atoms. The van der Waals surface area contributed by atoms with Crippen molar-refractivity contribution in [1.29, 1.82) is 0 Å². The molecule has 0 N–H and O–H groups in total. The van der Waals surface area contributed by atoms with E-state index >= 15 is 0 Å². The number of imidazole rings is 1. The molecule has 0 aliphatic carbocycles. The van der Waals surface area contributed by atoms with Crippen molar-refractivity contribution in [3.05, 3.63) is 167 Å². The molecule has 323 valence electrons. The van der Waals surface area contributed by atoms with Crippen molar-refractivity contribution in [1.82, 2.24) is 14.5 Å². The van der Waals surface area contributed by atoms with Gasteiger partial charge >= 0.3 is 0 Å². The summed E-state index contributed by atoms with van der Waals surface area (Å²) in [5, 5.41) is 3.58. The molecule has 6 aromatic carbocycles. The fraction of sp³-hybridized carbons (Fsp3) is 0.263. The molecule has 3 nitrogen and oxygen atoms in total. The SMILES string of the molecule is Cc1ccc2c(c1)sc1c(-c3nc4ccccc4n3-c3c(C(C)C)cc(-c4ccccc4)cc3C(C)C)[c-]ccc12.[2H]C([2H])([2H])c1c[c-]c(-c2cc(C([2H])([2H])C(C)C)c([Si](C)(C)C)cn2)cc1.[Ir]. The molecule has 3 heterocycles. The van der Waals surface area contributed by atoms with Gasteiger partial charge in [-0.15, -0.1) is 53.6 Å². The van der Waals surface area contributed by atoms with Gasteiger partial charge in [0.1, 0.15) is 0 Å². The second-order valence-corrected chi connectivity index (χ2v) is 24.4. The number of rotatable bonds is 9. The Morgan fingerprint density at radius 1 is 0.762 bits per heavy atom. The van der Waals surface area contributed by atoms with E-state index in [-0.39, 0.29) is 31.6 Å². The molecule has 0 atom stereocenters. The molecule has 0 saturated heterocycles. The predicted octanol–water partition coefficient (Wildman–Crippen LogP) is 15.7. The monoisotopic (exact) mass is 1040 g/mol. The Morgan fingerprint density at radius 3 is 2.11 bits per heavy atom. The number of aromatic nitrogens is 3. The van der Waals surface area contributed by atoms with E-state index in [4.69, 9.17) is 11.8 Å². The minimum Gasteiger partial charge on any atom is -0.333 e. The van der Waals surface area contributed by atoms with Gasteiger partial charge in [-0.05, 0) is 110 Å². The summed E-state index contributed by atoms with van der Waals surface area (Å²) in [5.74, 6) is 1.44. The second-order valence-electron chi connectivity index (χ2n) is 18.3. The summed E-state index contributed by atoms with van der Waals surface area (Å²) >= 11 is 1.85. The summed E-state index contributed by atoms with van der Waals surface area (Å²) in [5.41, 5.74) is 13.1. The van der Waals surface area contributed by atoms with Crippen LogP contribution in [0.25, 0.3) is 70.7 Å². The van der Waals surface area contributed by atoms with Crippen LogP contribution < -0.4 is 5.19 Å². The van der Waals surface area contributed by atoms with E-state index in [9.17, 15) is 0 Å². The van der Waals surface area contributed by atoms with Crippen LogP contribution in [0.15, 0.2) is 128 Å². The largest absolute Gasteiger partial charge is 0.333 e. The Morgan fingerprint density at radius 2 is 1.46 bits per heavy atom. The van der Waals surface area contributed by atoms with Gasteiger partial charge in [0, 0.05) is 43.5 Å². The van der Waals surface area contributed by atoms with Crippen LogP contribution in [0.5, 0.6) is 0 Å². The van der Waals surface area contributed by atoms with Crippen LogP contribution in [0.4, 0.5) is 0 Å². The standard InChI is InChI=1S/C38H33N2S.C19H26NSi.Ir/c1-23(2)31-21-27(26-12-7-6-8-13-26)22-32(24(3)4)36(31)40-34-17-10-9-16-33(34)39-38(40)30-15-11-14-29-28-19-18-25(5)20-35(28)41-37(29)30;1-14(2)11-17-12-18(16-9-7-15(3)8-10-16)20-13-19(17)21(4,5)6;/h6-14,16-24H,1-5H3;7-9,12-14H,11H2,1-6H3;/q2*-1;/i;3D3,11D2;. The molecular weight excluding hydrogens is 979 g/mol. The van der Waals surface area contributed by atoms with Crippen LogP contribution in [0.3, 0.4) is 0 Å². The number of hydrogen-bond acceptors (Lipinski definition) is 3. The van der Waals surface area contributed by atoms with Gasteiger partial charge in [-0.25, -0.2) is 0 Å². The van der Waals surface area contributed by atoms with E-state index in [2.05, 4.69) is 173 Å². The van der Waals surface area contributed by atoms with Gasteiger partial charge in [0.25, 0.3) is 0 Å². The Kier molecular flexibility index (Phi) is 12.0. The van der Waals surface area contributed by atoms with Crippen molar-refractivity contribution < 1.29 is 27.0 Å². The van der Waals surface area contributed by atoms with Crippen molar-refractivity contribution >= 4 is 55.8 Å². The topological polar surface area (TPSA) is 30.7 Å². The molecule has 1 radical (unpaired) electrons. The first-order valence-electron chi connectivity index (χ1n) is 24.2. The molecular formula is C57H59IrN3SSi-2. The van der Waals surface area contributed by atoms with Crippen LogP contribution in [0.2, 0.25) is 19.6 Å². The van der Waals surface area contributed by atoms with Gasteiger partial charge in [0.05, 0.1) is 24.9 Å². The molecule has 3 aromatic heterocycles. The fourth-order valence-corrected chi connectivity index (χ4v) is 11.0. The Bertz CT molecular complexity index is 3210. The summed E-state index contributed by atoms with van der Waals surface area (Å²) in [6, 6.07) is 48.3. The average molecular weight is 1040 g/mol. The summed E-state index contributed by atoms with van der Waals surface area (Å²) in [6.07, 6.45) is 0.328. The van der Waals surface area contributed by atoms with E-state index in [1.165, 1.54) is 59.7 Å². The number of aryl methyl sites for hydroxylation is 2. The number of fused-ring (bicyclic) bond motifs is 4. The third kappa shape index (κ3) is 9.61. The first kappa shape index (κ1) is 39.6. The molecule has 0 aliphatic rings. The zero-order valence-corrected chi connectivity index (χ0v) is 42.2. The minimum absolute atomic E-state index is 0. The molecule has 0 fully saturated rings.